The van der Waals surface area contributed by atoms with Crippen molar-refractivity contribution in [2.75, 3.05) is 13.6 Å². The number of aliphatic hydroxyl groups is 1. The van der Waals surface area contributed by atoms with Crippen LogP contribution >= 0.6 is 0 Å². The van der Waals surface area contributed by atoms with E-state index in [-0.39, 0.29) is 12.5 Å². The van der Waals surface area contributed by atoms with Gasteiger partial charge in [-0.1, -0.05) is 31.2 Å². The maximum atomic E-state index is 11.7. The zero-order chi connectivity index (χ0) is 19.4. The Balaban J connectivity index is 1.68. The molecule has 1 aromatic heterocycles. The number of hydrogen-bond acceptors (Lipinski definition) is 4. The van der Waals surface area contributed by atoms with Crippen LogP contribution in [0.5, 0.6) is 5.75 Å². The zero-order valence-corrected chi connectivity index (χ0v) is 15.9. The molecule has 3 aromatic rings. The fourth-order valence-electron chi connectivity index (χ4n) is 3.02. The first-order valence-corrected chi connectivity index (χ1v) is 9.04. The van der Waals surface area contributed by atoms with Gasteiger partial charge in [0.25, 0.3) is 0 Å². The first-order chi connectivity index (χ1) is 13.0. The lowest BCUT2D eigenvalue weighted by Crippen LogP contribution is -2.30. The summed E-state index contributed by atoms with van der Waals surface area (Å²) >= 11 is 0. The third-order valence-corrected chi connectivity index (χ3v) is 4.67. The van der Waals surface area contributed by atoms with Crippen molar-refractivity contribution in [1.29, 1.82) is 0 Å². The average molecular weight is 367 g/mol. The molecular formula is C21H25N3O3. The molecule has 0 saturated heterocycles. The van der Waals surface area contributed by atoms with Gasteiger partial charge in [0.2, 0.25) is 5.91 Å². The van der Waals surface area contributed by atoms with Crippen molar-refractivity contribution in [1.82, 2.24) is 14.5 Å². The molecule has 0 aliphatic carbocycles. The van der Waals surface area contributed by atoms with Gasteiger partial charge < -0.3 is 19.3 Å². The highest BCUT2D eigenvalue weighted by molar-refractivity contribution is 5.76. The number of carbonyl (C=O) groups is 1. The van der Waals surface area contributed by atoms with Crippen molar-refractivity contribution in [2.45, 2.75) is 26.1 Å². The molecule has 1 N–H and O–H groups in total. The number of aromatic nitrogens is 2. The predicted octanol–water partition coefficient (Wildman–Crippen LogP) is 3.05. The second-order valence-corrected chi connectivity index (χ2v) is 6.58. The van der Waals surface area contributed by atoms with Gasteiger partial charge in [-0.3, -0.25) is 4.79 Å². The van der Waals surface area contributed by atoms with E-state index in [1.54, 1.807) is 20.0 Å². The molecule has 0 bridgehead atoms. The number of hydrogen-bond donors (Lipinski definition) is 1. The van der Waals surface area contributed by atoms with E-state index in [2.05, 4.69) is 4.98 Å². The van der Waals surface area contributed by atoms with Crippen LogP contribution in [0.2, 0.25) is 0 Å². The summed E-state index contributed by atoms with van der Waals surface area (Å²) in [5.74, 6) is 1.49. The number of amides is 1. The lowest BCUT2D eigenvalue weighted by Gasteiger charge is -2.21. The van der Waals surface area contributed by atoms with Crippen LogP contribution in [0, 0.1) is 0 Å². The van der Waals surface area contributed by atoms with Crippen molar-refractivity contribution in [3.8, 4) is 5.75 Å². The van der Waals surface area contributed by atoms with Gasteiger partial charge in [0, 0.05) is 20.5 Å². The number of nitrogens with zero attached hydrogens (tertiary/aromatic N) is 3. The number of likely N-dealkylation sites (N-methyl/N-ethyl adjacent to an activating group) is 1. The Bertz CT molecular complexity index is 935. The Morgan fingerprint density at radius 1 is 1.26 bits per heavy atom. The second-order valence-electron chi connectivity index (χ2n) is 6.58. The van der Waals surface area contributed by atoms with E-state index in [1.165, 1.54) is 4.90 Å². The van der Waals surface area contributed by atoms with Gasteiger partial charge in [-0.25, -0.2) is 4.98 Å². The number of benzene rings is 2. The van der Waals surface area contributed by atoms with Gasteiger partial charge in [0.1, 0.15) is 18.2 Å². The minimum atomic E-state index is -0.759. The Kier molecular flexibility index (Phi) is 5.76. The fraction of sp³-hybridized carbons (Fsp3) is 0.333. The normalized spacial score (nSPS) is 12.1. The number of aliphatic hydroxyl groups excluding tert-OH is 1. The van der Waals surface area contributed by atoms with E-state index < -0.39 is 6.10 Å². The number of rotatable bonds is 7. The molecule has 142 valence electrons. The van der Waals surface area contributed by atoms with E-state index >= 15 is 0 Å². The summed E-state index contributed by atoms with van der Waals surface area (Å²) in [5.41, 5.74) is 2.71. The van der Waals surface area contributed by atoms with Gasteiger partial charge in [-0.15, -0.1) is 0 Å². The SMILES string of the molecule is CCC(=O)N(C)C[C@H](O)c1cccc(OCc2nc3ccccc3n2C)c1. The maximum absolute atomic E-state index is 11.7. The minimum Gasteiger partial charge on any atom is -0.486 e. The molecule has 6 heteroatoms. The third kappa shape index (κ3) is 4.28. The molecule has 6 nitrogen and oxygen atoms in total. The maximum Gasteiger partial charge on any atom is 0.222 e. The molecule has 0 saturated carbocycles. The summed E-state index contributed by atoms with van der Waals surface area (Å²) in [6.45, 7) is 2.39. The average Bonchev–Trinajstić information content (AvgIpc) is 3.02. The number of imidazole rings is 1. The highest BCUT2D eigenvalue weighted by atomic mass is 16.5. The lowest BCUT2D eigenvalue weighted by molar-refractivity contribution is -0.130. The minimum absolute atomic E-state index is 0.00306. The molecule has 1 heterocycles. The van der Waals surface area contributed by atoms with E-state index in [9.17, 15) is 9.90 Å². The van der Waals surface area contributed by atoms with Crippen LogP contribution in [0.15, 0.2) is 48.5 Å². The van der Waals surface area contributed by atoms with Crippen LogP contribution in [-0.4, -0.2) is 39.1 Å². The summed E-state index contributed by atoms with van der Waals surface area (Å²) in [4.78, 5) is 17.8. The lowest BCUT2D eigenvalue weighted by atomic mass is 10.1. The summed E-state index contributed by atoms with van der Waals surface area (Å²) < 4.78 is 7.91. The van der Waals surface area contributed by atoms with E-state index in [0.29, 0.717) is 24.3 Å². The fourth-order valence-corrected chi connectivity index (χ4v) is 3.02. The predicted molar refractivity (Wildman–Crippen MR) is 104 cm³/mol. The Labute approximate surface area is 159 Å². The van der Waals surface area contributed by atoms with Crippen LogP contribution in [0.25, 0.3) is 11.0 Å². The topological polar surface area (TPSA) is 67.6 Å². The molecule has 3 rings (SSSR count). The van der Waals surface area contributed by atoms with Crippen LogP contribution in [-0.2, 0) is 18.4 Å². The quantitative estimate of drug-likeness (QED) is 0.697. The molecule has 0 spiro atoms. The van der Waals surface area contributed by atoms with Gasteiger partial charge in [-0.2, -0.15) is 0 Å². The van der Waals surface area contributed by atoms with Gasteiger partial charge in [0.05, 0.1) is 23.7 Å². The van der Waals surface area contributed by atoms with E-state index in [4.69, 9.17) is 4.74 Å². The molecule has 0 aliphatic heterocycles. The zero-order valence-electron chi connectivity index (χ0n) is 15.9. The molecule has 0 radical (unpaired) electrons. The molecular weight excluding hydrogens is 342 g/mol. The molecule has 1 amide bonds. The van der Waals surface area contributed by atoms with Crippen molar-refractivity contribution in [2.24, 2.45) is 7.05 Å². The smallest absolute Gasteiger partial charge is 0.222 e. The summed E-state index contributed by atoms with van der Waals surface area (Å²) in [7, 11) is 3.66. The standard InChI is InChI=1S/C21H25N3O3/c1-4-21(26)23(2)13-19(25)15-8-7-9-16(12-15)27-14-20-22-17-10-5-6-11-18(17)24(20)3/h5-12,19,25H,4,13-14H2,1-3H3/t19-/m0/s1. The number of fused-ring (bicyclic) bond motifs is 1. The highest BCUT2D eigenvalue weighted by Gasteiger charge is 2.15. The highest BCUT2D eigenvalue weighted by Crippen LogP contribution is 2.22. The van der Waals surface area contributed by atoms with Crippen LogP contribution in [0.1, 0.15) is 30.8 Å². The van der Waals surface area contributed by atoms with Crippen LogP contribution in [0.3, 0.4) is 0 Å². The molecule has 2 aromatic carbocycles. The van der Waals surface area contributed by atoms with Crippen molar-refractivity contribution < 1.29 is 14.6 Å². The first-order valence-electron chi connectivity index (χ1n) is 9.04. The molecule has 0 fully saturated rings. The van der Waals surface area contributed by atoms with E-state index in [1.807, 2.05) is 54.1 Å². The Hall–Kier alpha value is -2.86. The number of ether oxygens (including phenoxy) is 1. The molecule has 0 aliphatic rings. The number of para-hydroxylation sites is 2. The van der Waals surface area contributed by atoms with Crippen molar-refractivity contribution >= 4 is 16.9 Å². The van der Waals surface area contributed by atoms with Crippen molar-refractivity contribution in [3.63, 3.8) is 0 Å². The summed E-state index contributed by atoms with van der Waals surface area (Å²) in [6.07, 6.45) is -0.338. The Morgan fingerprint density at radius 2 is 2.04 bits per heavy atom. The number of carbonyl (C=O) groups excluding carboxylic acids is 1. The monoisotopic (exact) mass is 367 g/mol. The summed E-state index contributed by atoms with van der Waals surface area (Å²) in [5, 5.41) is 10.4. The number of aryl methyl sites for hydroxylation is 1. The van der Waals surface area contributed by atoms with Crippen molar-refractivity contribution in [3.05, 3.63) is 59.9 Å². The first kappa shape index (κ1) is 18.9. The van der Waals surface area contributed by atoms with E-state index in [0.717, 1.165) is 16.9 Å². The van der Waals surface area contributed by atoms with Crippen LogP contribution < -0.4 is 4.74 Å². The summed E-state index contributed by atoms with van der Waals surface area (Å²) in [6, 6.07) is 15.3. The third-order valence-electron chi connectivity index (χ3n) is 4.67. The molecule has 1 atom stereocenters. The van der Waals surface area contributed by atoms with Gasteiger partial charge >= 0.3 is 0 Å². The Morgan fingerprint density at radius 3 is 2.78 bits per heavy atom. The van der Waals surface area contributed by atoms with Gasteiger partial charge in [-0.05, 0) is 29.8 Å². The molecule has 27 heavy (non-hydrogen) atoms. The van der Waals surface area contributed by atoms with Gasteiger partial charge in [0.15, 0.2) is 0 Å². The second kappa shape index (κ2) is 8.22. The largest absolute Gasteiger partial charge is 0.486 e. The van der Waals surface area contributed by atoms with Crippen LogP contribution in [0.4, 0.5) is 0 Å². The molecule has 0 unspecified atom stereocenters.